The summed E-state index contributed by atoms with van der Waals surface area (Å²) in [5.74, 6) is 0.692. The van der Waals surface area contributed by atoms with Crippen molar-refractivity contribution in [3.8, 4) is 11.5 Å². The summed E-state index contributed by atoms with van der Waals surface area (Å²) in [7, 11) is 1.95. The van der Waals surface area contributed by atoms with Gasteiger partial charge in [-0.25, -0.2) is 8.42 Å². The number of methoxy groups -OCH3 is 1. The molecule has 2 aromatic carbocycles. The van der Waals surface area contributed by atoms with Gasteiger partial charge in [0.15, 0.2) is 9.84 Å². The molecule has 3 rings (SSSR count). The molecular formula is C29H43NO6S. The summed E-state index contributed by atoms with van der Waals surface area (Å²) in [6, 6.07) is 12.7. The maximum absolute atomic E-state index is 13.7. The molecule has 206 valence electrons. The van der Waals surface area contributed by atoms with E-state index in [2.05, 4.69) is 11.8 Å². The lowest BCUT2D eigenvalue weighted by Gasteiger charge is -2.39. The van der Waals surface area contributed by atoms with Gasteiger partial charge in [-0.2, -0.15) is 0 Å². The number of fused-ring (bicyclic) bond motifs is 1. The number of nitrogens with zero attached hydrogens (tertiary/aromatic N) is 1. The van der Waals surface area contributed by atoms with Crippen LogP contribution in [0.1, 0.15) is 56.6 Å². The molecule has 0 spiro atoms. The van der Waals surface area contributed by atoms with E-state index in [1.54, 1.807) is 25.3 Å². The molecule has 0 saturated heterocycles. The lowest BCUT2D eigenvalue weighted by Crippen LogP contribution is -2.42. The molecule has 0 aromatic heterocycles. The van der Waals surface area contributed by atoms with E-state index in [-0.39, 0.29) is 10.6 Å². The molecule has 37 heavy (non-hydrogen) atoms. The van der Waals surface area contributed by atoms with Crippen molar-refractivity contribution >= 4 is 9.84 Å². The van der Waals surface area contributed by atoms with Crippen LogP contribution in [0.3, 0.4) is 0 Å². The Labute approximate surface area is 222 Å². The maximum atomic E-state index is 13.7. The molecule has 0 amide bonds. The van der Waals surface area contributed by atoms with E-state index >= 15 is 0 Å². The van der Waals surface area contributed by atoms with Crippen LogP contribution >= 0.6 is 0 Å². The van der Waals surface area contributed by atoms with E-state index in [1.807, 2.05) is 45.3 Å². The normalized spacial score (nSPS) is 22.9. The highest BCUT2D eigenvalue weighted by atomic mass is 32.2. The summed E-state index contributed by atoms with van der Waals surface area (Å²) >= 11 is 0. The van der Waals surface area contributed by atoms with Crippen molar-refractivity contribution in [1.29, 1.82) is 0 Å². The zero-order chi connectivity index (χ0) is 27.1. The van der Waals surface area contributed by atoms with Crippen LogP contribution in [-0.4, -0.2) is 77.9 Å². The first-order valence-electron chi connectivity index (χ1n) is 13.2. The van der Waals surface area contributed by atoms with Crippen LogP contribution in [0.4, 0.5) is 0 Å². The van der Waals surface area contributed by atoms with Gasteiger partial charge in [-0.05, 0) is 68.4 Å². The summed E-state index contributed by atoms with van der Waals surface area (Å²) in [4.78, 5) is 2.34. The molecule has 1 N–H and O–H groups in total. The Balaban J connectivity index is 1.93. The molecule has 0 fully saturated rings. The fourth-order valence-electron chi connectivity index (χ4n) is 5.18. The Kier molecular flexibility index (Phi) is 10.4. The number of likely N-dealkylation sites (N-methyl/N-ethyl adjacent to an activating group) is 1. The molecule has 2 aromatic rings. The Morgan fingerprint density at radius 1 is 1.03 bits per heavy atom. The molecule has 7 nitrogen and oxygen atoms in total. The third kappa shape index (κ3) is 7.05. The average Bonchev–Trinajstić information content (AvgIpc) is 2.95. The summed E-state index contributed by atoms with van der Waals surface area (Å²) in [5, 5.41) is 12.0. The van der Waals surface area contributed by atoms with Gasteiger partial charge in [0.05, 0.1) is 37.1 Å². The zero-order valence-electron chi connectivity index (χ0n) is 22.9. The van der Waals surface area contributed by atoms with Gasteiger partial charge in [0.2, 0.25) is 0 Å². The Morgan fingerprint density at radius 2 is 1.73 bits per heavy atom. The molecule has 8 heteroatoms. The standard InChI is InChI=1S/C29H43NO6S/c1-6-8-15-29(7-2)21-37(32,33)26-14-13-24(34-5)20-25(26)27(28(29)31)22-9-11-23(12-10-22)36-19-18-35-17-16-30(3)4/h9-14,20,27-28,31H,6-8,15-19,21H2,1-5H3/t27-,28?,29?/m1/s1. The van der Waals surface area contributed by atoms with Gasteiger partial charge >= 0.3 is 0 Å². The molecule has 0 saturated carbocycles. The highest BCUT2D eigenvalue weighted by Crippen LogP contribution is 2.49. The minimum absolute atomic E-state index is 0.0670. The number of aliphatic hydroxyl groups excluding tert-OH is 1. The lowest BCUT2D eigenvalue weighted by molar-refractivity contribution is 0.0173. The van der Waals surface area contributed by atoms with E-state index < -0.39 is 27.3 Å². The van der Waals surface area contributed by atoms with E-state index in [0.717, 1.165) is 24.9 Å². The van der Waals surface area contributed by atoms with E-state index in [9.17, 15) is 13.5 Å². The second-order valence-electron chi connectivity index (χ2n) is 10.2. The third-order valence-corrected chi connectivity index (χ3v) is 9.46. The number of rotatable bonds is 13. The highest BCUT2D eigenvalue weighted by molar-refractivity contribution is 7.91. The molecule has 2 unspecified atom stereocenters. The monoisotopic (exact) mass is 533 g/mol. The van der Waals surface area contributed by atoms with Gasteiger partial charge in [0.1, 0.15) is 18.1 Å². The van der Waals surface area contributed by atoms with Crippen LogP contribution in [-0.2, 0) is 14.6 Å². The number of ether oxygens (including phenoxy) is 3. The Bertz CT molecular complexity index is 1100. The average molecular weight is 534 g/mol. The molecule has 0 bridgehead atoms. The van der Waals surface area contributed by atoms with Crippen LogP contribution in [0.2, 0.25) is 0 Å². The van der Waals surface area contributed by atoms with Crippen molar-refractivity contribution in [2.24, 2.45) is 5.41 Å². The first kappa shape index (κ1) is 29.4. The smallest absolute Gasteiger partial charge is 0.179 e. The number of hydrogen-bond donors (Lipinski definition) is 1. The predicted octanol–water partition coefficient (Wildman–Crippen LogP) is 4.52. The van der Waals surface area contributed by atoms with Gasteiger partial charge in [-0.3, -0.25) is 0 Å². The van der Waals surface area contributed by atoms with Gasteiger partial charge in [-0.1, -0.05) is 38.8 Å². The second-order valence-corrected chi connectivity index (χ2v) is 12.2. The minimum Gasteiger partial charge on any atom is -0.497 e. The topological polar surface area (TPSA) is 85.3 Å². The van der Waals surface area contributed by atoms with Crippen molar-refractivity contribution < 1.29 is 27.7 Å². The Morgan fingerprint density at radius 3 is 2.35 bits per heavy atom. The van der Waals surface area contributed by atoms with E-state index in [1.165, 1.54) is 0 Å². The minimum atomic E-state index is -3.62. The molecule has 1 aliphatic rings. The fourth-order valence-corrected chi connectivity index (χ4v) is 7.43. The van der Waals surface area contributed by atoms with Crippen LogP contribution in [0.15, 0.2) is 47.4 Å². The highest BCUT2D eigenvalue weighted by Gasteiger charge is 2.49. The number of aliphatic hydroxyl groups is 1. The number of unbranched alkanes of at least 4 members (excludes halogenated alkanes) is 1. The van der Waals surface area contributed by atoms with Crippen molar-refractivity contribution in [3.05, 3.63) is 53.6 Å². The van der Waals surface area contributed by atoms with Crippen molar-refractivity contribution in [2.45, 2.75) is 56.4 Å². The summed E-state index contributed by atoms with van der Waals surface area (Å²) in [6.07, 6.45) is 2.14. The van der Waals surface area contributed by atoms with Crippen molar-refractivity contribution in [2.75, 3.05) is 53.3 Å². The van der Waals surface area contributed by atoms with E-state index in [0.29, 0.717) is 49.7 Å². The third-order valence-electron chi connectivity index (χ3n) is 7.46. The number of sulfone groups is 1. The lowest BCUT2D eigenvalue weighted by atomic mass is 9.69. The van der Waals surface area contributed by atoms with Crippen LogP contribution in [0.5, 0.6) is 11.5 Å². The van der Waals surface area contributed by atoms with Gasteiger partial charge < -0.3 is 24.2 Å². The second kappa shape index (κ2) is 13.1. The quantitative estimate of drug-likeness (QED) is 0.379. The van der Waals surface area contributed by atoms with Gasteiger partial charge in [0, 0.05) is 17.9 Å². The number of hydrogen-bond acceptors (Lipinski definition) is 7. The first-order valence-corrected chi connectivity index (χ1v) is 14.9. The first-order chi connectivity index (χ1) is 17.7. The van der Waals surface area contributed by atoms with E-state index in [4.69, 9.17) is 14.2 Å². The van der Waals surface area contributed by atoms with Crippen LogP contribution in [0.25, 0.3) is 0 Å². The number of benzene rings is 2. The van der Waals surface area contributed by atoms with Crippen LogP contribution < -0.4 is 9.47 Å². The molecule has 1 aliphatic heterocycles. The maximum Gasteiger partial charge on any atom is 0.179 e. The summed E-state index contributed by atoms with van der Waals surface area (Å²) < 4.78 is 44.2. The summed E-state index contributed by atoms with van der Waals surface area (Å²) in [6.45, 7) is 6.52. The van der Waals surface area contributed by atoms with Gasteiger partial charge in [-0.15, -0.1) is 0 Å². The van der Waals surface area contributed by atoms with Crippen LogP contribution in [0, 0.1) is 5.41 Å². The molecule has 3 atom stereocenters. The zero-order valence-corrected chi connectivity index (χ0v) is 23.7. The SMILES string of the molecule is CCCCC1(CC)CS(=O)(=O)c2ccc(OC)cc2[C@@H](c2ccc(OCCOCCN(C)C)cc2)C1O. The van der Waals surface area contributed by atoms with Crippen molar-refractivity contribution in [1.82, 2.24) is 4.90 Å². The van der Waals surface area contributed by atoms with Crippen molar-refractivity contribution in [3.63, 3.8) is 0 Å². The molecule has 1 heterocycles. The molecule has 0 radical (unpaired) electrons. The molecular weight excluding hydrogens is 490 g/mol. The predicted molar refractivity (Wildman–Crippen MR) is 146 cm³/mol. The van der Waals surface area contributed by atoms with Gasteiger partial charge in [0.25, 0.3) is 0 Å². The largest absolute Gasteiger partial charge is 0.497 e. The Hall–Kier alpha value is -2.13. The molecule has 0 aliphatic carbocycles. The fraction of sp³-hybridized carbons (Fsp3) is 0.586. The summed E-state index contributed by atoms with van der Waals surface area (Å²) in [5.41, 5.74) is 0.690.